The van der Waals surface area contributed by atoms with Crippen molar-refractivity contribution in [2.45, 2.75) is 63.6 Å². The van der Waals surface area contributed by atoms with Gasteiger partial charge < -0.3 is 39.2 Å². The van der Waals surface area contributed by atoms with Crippen molar-refractivity contribution in [2.75, 3.05) is 45.3 Å². The van der Waals surface area contributed by atoms with Crippen molar-refractivity contribution in [2.24, 2.45) is 0 Å². The molecule has 3 aromatic carbocycles. The molecule has 3 aliphatic rings. The molecule has 3 fully saturated rings. The molecule has 2 aromatic heterocycles. The zero-order valence-corrected chi connectivity index (χ0v) is 30.2. The van der Waals surface area contributed by atoms with Gasteiger partial charge in [-0.3, -0.25) is 4.79 Å². The number of hydrogen-bond donors (Lipinski definition) is 2. The normalized spacial score (nSPS) is 18.9. The molecule has 2 N–H and O–H groups in total. The zero-order chi connectivity index (χ0) is 36.9. The lowest BCUT2D eigenvalue weighted by Gasteiger charge is -2.38. The number of nitrogens with one attached hydrogen (secondary N) is 2. The number of anilines is 2. The third-order valence-electron chi connectivity index (χ3n) is 9.83. The Bertz CT molecular complexity index is 2070. The molecule has 2 unspecified atom stereocenters. The first-order valence-electron chi connectivity index (χ1n) is 18.5. The minimum absolute atomic E-state index is 0.0418. The van der Waals surface area contributed by atoms with Gasteiger partial charge in [-0.15, -0.1) is 5.10 Å². The average Bonchev–Trinajstić information content (AvgIpc) is 3.83. The monoisotopic (exact) mass is 736 g/mol. The van der Waals surface area contributed by atoms with Crippen LogP contribution in [-0.4, -0.2) is 87.5 Å². The molecule has 0 radical (unpaired) electrons. The second-order valence-electron chi connectivity index (χ2n) is 13.7. The van der Waals surface area contributed by atoms with Crippen LogP contribution in [0.4, 0.5) is 16.4 Å². The first kappa shape index (κ1) is 35.4. The summed E-state index contributed by atoms with van der Waals surface area (Å²) in [6, 6.07) is 20.8. The number of fused-ring (bicyclic) bond motifs is 1. The molecule has 8 rings (SSSR count). The van der Waals surface area contributed by atoms with Crippen LogP contribution in [0.3, 0.4) is 0 Å². The fourth-order valence-corrected chi connectivity index (χ4v) is 6.96. The summed E-state index contributed by atoms with van der Waals surface area (Å²) in [6.07, 6.45) is 7.13. The van der Waals surface area contributed by atoms with E-state index in [0.717, 1.165) is 72.8 Å². The van der Waals surface area contributed by atoms with Gasteiger partial charge >= 0.3 is 6.09 Å². The Labute approximate surface area is 312 Å². The van der Waals surface area contributed by atoms with Crippen LogP contribution in [-0.2, 0) is 25.6 Å². The van der Waals surface area contributed by atoms with E-state index in [-0.39, 0.29) is 37.6 Å². The van der Waals surface area contributed by atoms with E-state index < -0.39 is 6.09 Å². The van der Waals surface area contributed by atoms with Gasteiger partial charge in [0.1, 0.15) is 6.61 Å². The summed E-state index contributed by atoms with van der Waals surface area (Å²) in [5.41, 5.74) is 3.51. The molecule has 5 aromatic rings. The zero-order valence-electron chi connectivity index (χ0n) is 30.2. The van der Waals surface area contributed by atoms with Gasteiger partial charge in [0.05, 0.1) is 24.9 Å². The van der Waals surface area contributed by atoms with Gasteiger partial charge in [-0.05, 0) is 80.5 Å². The summed E-state index contributed by atoms with van der Waals surface area (Å²) in [5.74, 6) is 1.57. The number of benzene rings is 3. The van der Waals surface area contributed by atoms with Crippen LogP contribution < -0.4 is 20.1 Å². The van der Waals surface area contributed by atoms with E-state index in [1.54, 1.807) is 18.1 Å². The molecule has 0 spiro atoms. The van der Waals surface area contributed by atoms with Crippen molar-refractivity contribution in [1.29, 1.82) is 0 Å². The fraction of sp³-hybridized carbons (Fsp3) is 0.410. The van der Waals surface area contributed by atoms with Gasteiger partial charge in [0.2, 0.25) is 5.95 Å². The van der Waals surface area contributed by atoms with Gasteiger partial charge in [0.25, 0.3) is 5.91 Å². The molecule has 2 amide bonds. The summed E-state index contributed by atoms with van der Waals surface area (Å²) >= 11 is 0. The SMILES string of the molecule is COc1cc(-c2nc(Nc3ccc4c(cnn4C4CCCCO4)c3)nn2C2CCCCO2)ccc1OCC(=O)NC1CN(C(=O)OCc2ccccc2)C1. The highest BCUT2D eigenvalue weighted by molar-refractivity contribution is 5.83. The predicted octanol–water partition coefficient (Wildman–Crippen LogP) is 5.96. The molecule has 54 heavy (non-hydrogen) atoms. The molecule has 15 nitrogen and oxygen atoms in total. The van der Waals surface area contributed by atoms with Crippen LogP contribution in [0.5, 0.6) is 11.5 Å². The number of amides is 2. The van der Waals surface area contributed by atoms with Crippen LogP contribution in [0.1, 0.15) is 56.5 Å². The van der Waals surface area contributed by atoms with Gasteiger partial charge in [-0.2, -0.15) is 10.1 Å². The molecule has 15 heteroatoms. The van der Waals surface area contributed by atoms with Crippen LogP contribution in [0.2, 0.25) is 0 Å². The average molecular weight is 737 g/mol. The molecular weight excluding hydrogens is 692 g/mol. The lowest BCUT2D eigenvalue weighted by molar-refractivity contribution is -0.124. The Morgan fingerprint density at radius 3 is 2.41 bits per heavy atom. The predicted molar refractivity (Wildman–Crippen MR) is 198 cm³/mol. The molecule has 0 bridgehead atoms. The van der Waals surface area contributed by atoms with E-state index in [1.165, 1.54) is 0 Å². The number of nitrogens with zero attached hydrogens (tertiary/aromatic N) is 6. The summed E-state index contributed by atoms with van der Waals surface area (Å²) in [4.78, 5) is 31.6. The number of ether oxygens (including phenoxy) is 5. The first-order chi connectivity index (χ1) is 26.5. The summed E-state index contributed by atoms with van der Waals surface area (Å²) in [6.45, 7) is 2.12. The minimum atomic E-state index is -0.408. The molecule has 3 saturated heterocycles. The Morgan fingerprint density at radius 1 is 0.889 bits per heavy atom. The minimum Gasteiger partial charge on any atom is -0.493 e. The first-order valence-corrected chi connectivity index (χ1v) is 18.5. The third-order valence-corrected chi connectivity index (χ3v) is 9.83. The standard InChI is InChI=1S/C39H44N8O7/c1-50-33-20-27(13-16-32(33)53-25-34(48)41-30-22-45(23-30)39(49)54-24-26-9-3-2-4-10-26)37-43-38(44-47(37)36-12-6-8-18-52-36)42-29-14-15-31-28(19-29)21-40-46(31)35-11-5-7-17-51-35/h2-4,9-10,13-16,19-21,30,35-36H,5-8,11-12,17-18,22-25H2,1H3,(H,41,48)(H,42,44). The molecule has 5 heterocycles. The van der Waals surface area contributed by atoms with Crippen LogP contribution >= 0.6 is 0 Å². The smallest absolute Gasteiger partial charge is 0.410 e. The van der Waals surface area contributed by atoms with Crippen LogP contribution in [0.15, 0.2) is 72.9 Å². The quantitative estimate of drug-likeness (QED) is 0.156. The number of methoxy groups -OCH3 is 1. The van der Waals surface area contributed by atoms with Crippen molar-refractivity contribution in [3.63, 3.8) is 0 Å². The lowest BCUT2D eigenvalue weighted by atomic mass is 10.1. The molecule has 0 aliphatic carbocycles. The van der Waals surface area contributed by atoms with Crippen molar-refractivity contribution in [1.82, 2.24) is 34.8 Å². The van der Waals surface area contributed by atoms with E-state index in [2.05, 4.69) is 15.7 Å². The Balaban J connectivity index is 0.908. The summed E-state index contributed by atoms with van der Waals surface area (Å²) in [5, 5.41) is 16.8. The highest BCUT2D eigenvalue weighted by Crippen LogP contribution is 2.35. The lowest BCUT2D eigenvalue weighted by Crippen LogP contribution is -2.61. The molecule has 3 aliphatic heterocycles. The van der Waals surface area contributed by atoms with E-state index in [0.29, 0.717) is 43.0 Å². The number of aromatic nitrogens is 5. The molecule has 2 atom stereocenters. The molecular formula is C39H44N8O7. The van der Waals surface area contributed by atoms with Crippen molar-refractivity contribution >= 4 is 34.5 Å². The second kappa shape index (κ2) is 16.1. The Kier molecular flexibility index (Phi) is 10.6. The highest BCUT2D eigenvalue weighted by atomic mass is 16.6. The largest absolute Gasteiger partial charge is 0.493 e. The van der Waals surface area contributed by atoms with Gasteiger partial charge in [0.15, 0.2) is 36.4 Å². The van der Waals surface area contributed by atoms with E-state index in [4.69, 9.17) is 33.8 Å². The summed E-state index contributed by atoms with van der Waals surface area (Å²) in [7, 11) is 1.55. The van der Waals surface area contributed by atoms with Crippen molar-refractivity contribution < 1.29 is 33.3 Å². The highest BCUT2D eigenvalue weighted by Gasteiger charge is 2.33. The van der Waals surface area contributed by atoms with Gasteiger partial charge in [-0.1, -0.05) is 30.3 Å². The topological polar surface area (TPSA) is 156 Å². The second-order valence-corrected chi connectivity index (χ2v) is 13.7. The maximum Gasteiger partial charge on any atom is 0.410 e. The Hall–Kier alpha value is -5.67. The summed E-state index contributed by atoms with van der Waals surface area (Å²) < 4.78 is 32.8. The van der Waals surface area contributed by atoms with Crippen molar-refractivity contribution in [3.8, 4) is 22.9 Å². The maximum atomic E-state index is 12.7. The van der Waals surface area contributed by atoms with E-state index >= 15 is 0 Å². The van der Waals surface area contributed by atoms with Crippen molar-refractivity contribution in [3.05, 3.63) is 78.5 Å². The number of hydrogen-bond acceptors (Lipinski definition) is 11. The molecule has 282 valence electrons. The third kappa shape index (κ3) is 7.96. The fourth-order valence-electron chi connectivity index (χ4n) is 6.96. The van der Waals surface area contributed by atoms with Gasteiger partial charge in [0, 0.05) is 42.9 Å². The Morgan fingerprint density at radius 2 is 1.67 bits per heavy atom. The molecule has 0 saturated carbocycles. The van der Waals surface area contributed by atoms with E-state index in [9.17, 15) is 9.59 Å². The number of rotatable bonds is 12. The van der Waals surface area contributed by atoms with E-state index in [1.807, 2.05) is 76.2 Å². The van der Waals surface area contributed by atoms with Gasteiger partial charge in [-0.25, -0.2) is 14.2 Å². The number of likely N-dealkylation sites (tertiary alicyclic amines) is 1. The van der Waals surface area contributed by atoms with Crippen LogP contribution in [0.25, 0.3) is 22.3 Å². The number of carbonyl (C=O) groups excluding carboxylic acids is 2. The number of carbonyl (C=O) groups is 2. The maximum absolute atomic E-state index is 12.7. The van der Waals surface area contributed by atoms with Crippen LogP contribution in [0, 0.1) is 0 Å².